The van der Waals surface area contributed by atoms with Crippen LogP contribution < -0.4 is 5.32 Å². The highest BCUT2D eigenvalue weighted by atomic mass is 19.4. The Morgan fingerprint density at radius 2 is 1.62 bits per heavy atom. The fourth-order valence-electron chi connectivity index (χ4n) is 2.86. The summed E-state index contributed by atoms with van der Waals surface area (Å²) in [5, 5.41) is 2.01. The molecule has 0 heterocycles. The quantitative estimate of drug-likeness (QED) is 0.671. The van der Waals surface area contributed by atoms with E-state index < -0.39 is 30.0 Å². The van der Waals surface area contributed by atoms with Crippen LogP contribution in [0.2, 0.25) is 0 Å². The zero-order valence-electron chi connectivity index (χ0n) is 15.9. The van der Waals surface area contributed by atoms with Gasteiger partial charge in [-0.15, -0.1) is 0 Å². The summed E-state index contributed by atoms with van der Waals surface area (Å²) in [5.74, 6) is -3.44. The van der Waals surface area contributed by atoms with E-state index in [0.29, 0.717) is 0 Å². The van der Waals surface area contributed by atoms with Crippen LogP contribution in [0.15, 0.2) is 66.7 Å². The van der Waals surface area contributed by atoms with Crippen LogP contribution >= 0.6 is 0 Å². The van der Waals surface area contributed by atoms with Gasteiger partial charge in [0.1, 0.15) is 0 Å². The van der Waals surface area contributed by atoms with Crippen LogP contribution in [-0.4, -0.2) is 31.2 Å². The Labute approximate surface area is 167 Å². The van der Waals surface area contributed by atoms with Crippen molar-refractivity contribution in [3.63, 3.8) is 0 Å². The lowest BCUT2D eigenvalue weighted by Gasteiger charge is -2.22. The molecule has 4 nitrogen and oxygen atoms in total. The molecular formula is C22H22F3NO3. The van der Waals surface area contributed by atoms with Gasteiger partial charge in [-0.05, 0) is 24.0 Å². The lowest BCUT2D eigenvalue weighted by atomic mass is 9.94. The summed E-state index contributed by atoms with van der Waals surface area (Å²) in [6.45, 7) is 0. The van der Waals surface area contributed by atoms with E-state index in [0.717, 1.165) is 11.1 Å². The van der Waals surface area contributed by atoms with Crippen LogP contribution in [0.4, 0.5) is 13.2 Å². The van der Waals surface area contributed by atoms with Gasteiger partial charge in [-0.2, -0.15) is 13.2 Å². The van der Waals surface area contributed by atoms with Crippen molar-refractivity contribution in [3.8, 4) is 0 Å². The normalized spacial score (nSPS) is 13.7. The maximum atomic E-state index is 12.8. The first-order chi connectivity index (χ1) is 13.8. The third-order valence-corrected chi connectivity index (χ3v) is 4.28. The number of esters is 1. The second-order valence-corrected chi connectivity index (χ2v) is 6.49. The minimum absolute atomic E-state index is 0.0350. The van der Waals surface area contributed by atoms with Crippen molar-refractivity contribution in [2.45, 2.75) is 25.1 Å². The molecule has 7 heteroatoms. The van der Waals surface area contributed by atoms with Crippen LogP contribution in [0.5, 0.6) is 0 Å². The maximum absolute atomic E-state index is 12.8. The third kappa shape index (κ3) is 7.44. The van der Waals surface area contributed by atoms with Gasteiger partial charge in [0.15, 0.2) is 0 Å². The second kappa shape index (κ2) is 10.5. The van der Waals surface area contributed by atoms with Crippen LogP contribution in [0.25, 0.3) is 6.08 Å². The minimum Gasteiger partial charge on any atom is -0.469 e. The molecule has 29 heavy (non-hydrogen) atoms. The third-order valence-electron chi connectivity index (χ3n) is 4.28. The largest absolute Gasteiger partial charge is 0.471 e. The molecule has 0 saturated carbocycles. The Hall–Kier alpha value is -3.09. The Kier molecular flexibility index (Phi) is 8.00. The molecule has 2 rings (SSSR count). The molecule has 2 aromatic rings. The first-order valence-electron chi connectivity index (χ1n) is 9.02. The van der Waals surface area contributed by atoms with Crippen LogP contribution in [0, 0.1) is 5.92 Å². The molecule has 2 aromatic carbocycles. The fourth-order valence-corrected chi connectivity index (χ4v) is 2.86. The monoisotopic (exact) mass is 405 g/mol. The summed E-state index contributed by atoms with van der Waals surface area (Å²) in [4.78, 5) is 23.7. The fraction of sp³-hybridized carbons (Fsp3) is 0.273. The number of alkyl halides is 3. The summed E-state index contributed by atoms with van der Waals surface area (Å²) < 4.78 is 43.1. The van der Waals surface area contributed by atoms with Crippen molar-refractivity contribution >= 4 is 18.0 Å². The molecule has 0 aliphatic rings. The first-order valence-corrected chi connectivity index (χ1v) is 9.02. The number of benzene rings is 2. The van der Waals surface area contributed by atoms with Gasteiger partial charge in [0, 0.05) is 6.04 Å². The molecular weight excluding hydrogens is 383 g/mol. The van der Waals surface area contributed by atoms with Crippen molar-refractivity contribution in [1.29, 1.82) is 0 Å². The molecule has 0 spiro atoms. The molecule has 1 amide bonds. The number of halogens is 3. The van der Waals surface area contributed by atoms with E-state index in [4.69, 9.17) is 4.74 Å². The molecule has 0 saturated heterocycles. The lowest BCUT2D eigenvalue weighted by molar-refractivity contribution is -0.174. The van der Waals surface area contributed by atoms with Gasteiger partial charge in [0.25, 0.3) is 0 Å². The molecule has 0 aliphatic carbocycles. The predicted molar refractivity (Wildman–Crippen MR) is 104 cm³/mol. The number of hydrogen-bond acceptors (Lipinski definition) is 3. The average molecular weight is 405 g/mol. The summed E-state index contributed by atoms with van der Waals surface area (Å²) in [5.41, 5.74) is 1.58. The van der Waals surface area contributed by atoms with Gasteiger partial charge >= 0.3 is 18.1 Å². The maximum Gasteiger partial charge on any atom is 0.471 e. The van der Waals surface area contributed by atoms with Crippen molar-refractivity contribution in [3.05, 3.63) is 77.9 Å². The van der Waals surface area contributed by atoms with Crippen LogP contribution in [-0.2, 0) is 20.7 Å². The van der Waals surface area contributed by atoms with E-state index >= 15 is 0 Å². The topological polar surface area (TPSA) is 55.4 Å². The molecule has 0 bridgehead atoms. The Bertz CT molecular complexity index is 820. The number of carbonyl (C=O) groups excluding carboxylic acids is 2. The van der Waals surface area contributed by atoms with Gasteiger partial charge in [-0.1, -0.05) is 72.8 Å². The molecule has 0 radical (unpaired) electrons. The summed E-state index contributed by atoms with van der Waals surface area (Å²) >= 11 is 0. The summed E-state index contributed by atoms with van der Waals surface area (Å²) in [6.07, 6.45) is -1.61. The van der Waals surface area contributed by atoms with E-state index in [1.807, 2.05) is 35.6 Å². The highest BCUT2D eigenvalue weighted by Gasteiger charge is 2.40. The summed E-state index contributed by atoms with van der Waals surface area (Å²) in [7, 11) is 1.21. The molecule has 0 fully saturated rings. The van der Waals surface area contributed by atoms with Gasteiger partial charge in [-0.25, -0.2) is 0 Å². The average Bonchev–Trinajstić information content (AvgIpc) is 2.71. The molecule has 154 valence electrons. The number of methoxy groups -OCH3 is 1. The van der Waals surface area contributed by atoms with Gasteiger partial charge in [0.2, 0.25) is 0 Å². The van der Waals surface area contributed by atoms with E-state index in [1.165, 1.54) is 7.11 Å². The van der Waals surface area contributed by atoms with Crippen molar-refractivity contribution in [2.75, 3.05) is 7.11 Å². The van der Waals surface area contributed by atoms with Crippen LogP contribution in [0.1, 0.15) is 17.5 Å². The molecule has 0 aromatic heterocycles. The minimum atomic E-state index is -5.00. The number of ether oxygens (including phenoxy) is 1. The zero-order chi connectivity index (χ0) is 21.3. The van der Waals surface area contributed by atoms with Gasteiger partial charge in [-0.3, -0.25) is 9.59 Å². The Morgan fingerprint density at radius 3 is 2.17 bits per heavy atom. The predicted octanol–water partition coefficient (Wildman–Crippen LogP) is 4.17. The van der Waals surface area contributed by atoms with E-state index in [-0.39, 0.29) is 12.8 Å². The molecule has 1 N–H and O–H groups in total. The number of carbonyl (C=O) groups is 2. The number of hydrogen-bond donors (Lipinski definition) is 1. The van der Waals surface area contributed by atoms with Crippen molar-refractivity contribution < 1.29 is 27.5 Å². The number of amides is 1. The highest BCUT2D eigenvalue weighted by molar-refractivity contribution is 5.82. The smallest absolute Gasteiger partial charge is 0.469 e. The Balaban J connectivity index is 2.22. The summed E-state index contributed by atoms with van der Waals surface area (Å²) in [6, 6.07) is 17.1. The lowest BCUT2D eigenvalue weighted by Crippen LogP contribution is -2.45. The SMILES string of the molecule is COC(=O)[C@H](/C=C/c1ccccc1)C[C@H](Cc1ccccc1)NC(=O)C(F)(F)F. The molecule has 0 unspecified atom stereocenters. The van der Waals surface area contributed by atoms with Gasteiger partial charge < -0.3 is 10.1 Å². The van der Waals surface area contributed by atoms with Crippen molar-refractivity contribution in [1.82, 2.24) is 5.32 Å². The standard InChI is InChI=1S/C22H22F3NO3/c1-29-20(27)18(13-12-16-8-4-2-5-9-16)15-19(26-21(28)22(23,24)25)14-17-10-6-3-7-11-17/h2-13,18-19H,14-15H2,1H3,(H,26,28)/b13-12+/t18-,19+/m1/s1. The second-order valence-electron chi connectivity index (χ2n) is 6.49. The van der Waals surface area contributed by atoms with Crippen molar-refractivity contribution in [2.24, 2.45) is 5.92 Å². The van der Waals surface area contributed by atoms with Crippen LogP contribution in [0.3, 0.4) is 0 Å². The molecule has 0 aliphatic heterocycles. The number of nitrogens with one attached hydrogen (secondary N) is 1. The van der Waals surface area contributed by atoms with Gasteiger partial charge in [0.05, 0.1) is 13.0 Å². The Morgan fingerprint density at radius 1 is 1.03 bits per heavy atom. The van der Waals surface area contributed by atoms with E-state index in [2.05, 4.69) is 0 Å². The van der Waals surface area contributed by atoms with E-state index in [1.54, 1.807) is 42.5 Å². The highest BCUT2D eigenvalue weighted by Crippen LogP contribution is 2.20. The molecule has 2 atom stereocenters. The van der Waals surface area contributed by atoms with E-state index in [9.17, 15) is 22.8 Å². The zero-order valence-corrected chi connectivity index (χ0v) is 15.9. The number of rotatable bonds is 8. The first kappa shape index (κ1) is 22.2.